The normalized spacial score (nSPS) is 21.2. The molecule has 0 radical (unpaired) electrons. The van der Waals surface area contributed by atoms with E-state index in [0.29, 0.717) is 37.3 Å². The monoisotopic (exact) mass is 464 g/mol. The zero-order valence-electron chi connectivity index (χ0n) is 15.8. The Morgan fingerprint density at radius 2 is 2.19 bits per heavy atom. The number of hydrazine groups is 1. The van der Waals surface area contributed by atoms with Crippen LogP contribution in [-0.2, 0) is 14.3 Å². The summed E-state index contributed by atoms with van der Waals surface area (Å²) in [6, 6.07) is 0. The van der Waals surface area contributed by atoms with E-state index in [9.17, 15) is 9.59 Å². The second-order valence-electron chi connectivity index (χ2n) is 7.35. The van der Waals surface area contributed by atoms with Crippen molar-refractivity contribution >= 4 is 45.2 Å². The van der Waals surface area contributed by atoms with Crippen molar-refractivity contribution in [2.24, 2.45) is 10.9 Å². The van der Waals surface area contributed by atoms with E-state index in [1.54, 1.807) is 6.08 Å². The van der Waals surface area contributed by atoms with Crippen LogP contribution in [0.4, 0.5) is 4.79 Å². The van der Waals surface area contributed by atoms with Crippen LogP contribution in [0.1, 0.15) is 33.6 Å². The standard InChI is InChI=1S/C17H26BrClN4O4/c1-17(2,3)27-16(25)22(10-12-4-6-26-7-5-12)15-8-13(19)21-14(9-18)23(15)20-11-24/h8,11-12,14H,4-7,9-10H2,1-3H3,(H,20,24). The Balaban J connectivity index is 2.34. The van der Waals surface area contributed by atoms with E-state index in [-0.39, 0.29) is 11.1 Å². The van der Waals surface area contributed by atoms with Gasteiger partial charge in [0, 0.05) is 31.2 Å². The summed E-state index contributed by atoms with van der Waals surface area (Å²) in [7, 11) is 0. The molecule has 0 saturated carbocycles. The molecule has 0 aromatic carbocycles. The minimum Gasteiger partial charge on any atom is -0.443 e. The van der Waals surface area contributed by atoms with E-state index < -0.39 is 17.9 Å². The first kappa shape index (κ1) is 22.0. The van der Waals surface area contributed by atoms with Gasteiger partial charge in [0.05, 0.1) is 0 Å². The first-order valence-corrected chi connectivity index (χ1v) is 10.3. The van der Waals surface area contributed by atoms with Gasteiger partial charge in [-0.15, -0.1) is 0 Å². The van der Waals surface area contributed by atoms with Crippen LogP contribution in [0.2, 0.25) is 0 Å². The van der Waals surface area contributed by atoms with Crippen molar-refractivity contribution in [1.82, 2.24) is 15.3 Å². The molecule has 1 fully saturated rings. The van der Waals surface area contributed by atoms with Crippen LogP contribution < -0.4 is 5.43 Å². The molecule has 2 heterocycles. The van der Waals surface area contributed by atoms with Gasteiger partial charge in [-0.3, -0.25) is 15.1 Å². The fourth-order valence-corrected chi connectivity index (χ4v) is 3.50. The number of alkyl halides is 1. The molecule has 2 aliphatic rings. The first-order valence-electron chi connectivity index (χ1n) is 8.83. The van der Waals surface area contributed by atoms with Gasteiger partial charge in [-0.2, -0.15) is 0 Å². The molecule has 27 heavy (non-hydrogen) atoms. The second kappa shape index (κ2) is 9.75. The van der Waals surface area contributed by atoms with E-state index in [0.717, 1.165) is 12.8 Å². The molecule has 0 aromatic rings. The summed E-state index contributed by atoms with van der Waals surface area (Å²) in [6.45, 7) is 7.18. The van der Waals surface area contributed by atoms with Crippen LogP contribution >= 0.6 is 27.5 Å². The van der Waals surface area contributed by atoms with Gasteiger partial charge in [-0.1, -0.05) is 27.5 Å². The molecular formula is C17H26BrClN4O4. The van der Waals surface area contributed by atoms with E-state index in [4.69, 9.17) is 21.1 Å². The quantitative estimate of drug-likeness (QED) is 0.482. The Hall–Kier alpha value is -1.32. The number of hydrogen-bond donors (Lipinski definition) is 1. The lowest BCUT2D eigenvalue weighted by Gasteiger charge is -2.40. The third kappa shape index (κ3) is 6.36. The maximum Gasteiger partial charge on any atom is 0.416 e. The molecule has 2 rings (SSSR count). The first-order chi connectivity index (χ1) is 12.7. The topological polar surface area (TPSA) is 83.5 Å². The number of allylic oxidation sites excluding steroid dienone is 1. The molecule has 0 bridgehead atoms. The minimum atomic E-state index is -0.657. The zero-order valence-corrected chi connectivity index (χ0v) is 18.1. The van der Waals surface area contributed by atoms with Crippen molar-refractivity contribution in [2.75, 3.05) is 25.1 Å². The van der Waals surface area contributed by atoms with Crippen LogP contribution in [-0.4, -0.2) is 64.4 Å². The summed E-state index contributed by atoms with van der Waals surface area (Å²) in [5.74, 6) is 0.678. The van der Waals surface area contributed by atoms with Gasteiger partial charge in [0.25, 0.3) is 0 Å². The highest BCUT2D eigenvalue weighted by atomic mass is 79.9. The summed E-state index contributed by atoms with van der Waals surface area (Å²) in [5.41, 5.74) is 1.95. The minimum absolute atomic E-state index is 0.249. The molecule has 2 aliphatic heterocycles. The Morgan fingerprint density at radius 1 is 1.52 bits per heavy atom. The number of carbonyl (C=O) groups is 2. The van der Waals surface area contributed by atoms with E-state index in [1.807, 2.05) is 20.8 Å². The predicted octanol–water partition coefficient (Wildman–Crippen LogP) is 2.83. The van der Waals surface area contributed by atoms with Crippen molar-refractivity contribution in [3.63, 3.8) is 0 Å². The Labute approximate surface area is 173 Å². The third-order valence-corrected chi connectivity index (χ3v) is 4.85. The molecule has 0 aliphatic carbocycles. The van der Waals surface area contributed by atoms with Crippen LogP contribution in [0.3, 0.4) is 0 Å². The maximum atomic E-state index is 13.0. The molecule has 0 aromatic heterocycles. The maximum absolute atomic E-state index is 13.0. The number of hydrogen-bond acceptors (Lipinski definition) is 6. The number of nitrogens with zero attached hydrogens (tertiary/aromatic N) is 3. The third-order valence-electron chi connectivity index (χ3n) is 4.07. The van der Waals surface area contributed by atoms with E-state index in [2.05, 4.69) is 26.3 Å². The van der Waals surface area contributed by atoms with Gasteiger partial charge in [-0.25, -0.2) is 14.8 Å². The van der Waals surface area contributed by atoms with Gasteiger partial charge in [0.1, 0.15) is 16.6 Å². The predicted molar refractivity (Wildman–Crippen MR) is 106 cm³/mol. The SMILES string of the molecule is CC(C)(C)OC(=O)N(CC1CCOCC1)C1=CC(Cl)=NC(CBr)N1NC=O. The fourth-order valence-electron chi connectivity index (χ4n) is 2.85. The van der Waals surface area contributed by atoms with Crippen molar-refractivity contribution in [3.8, 4) is 0 Å². The van der Waals surface area contributed by atoms with Crippen LogP contribution in [0.25, 0.3) is 0 Å². The molecule has 0 spiro atoms. The number of aliphatic imine (C=N–C) groups is 1. The fraction of sp³-hybridized carbons (Fsp3) is 0.706. The number of ether oxygens (including phenoxy) is 2. The van der Waals surface area contributed by atoms with E-state index in [1.165, 1.54) is 9.91 Å². The van der Waals surface area contributed by atoms with Gasteiger partial charge >= 0.3 is 6.09 Å². The smallest absolute Gasteiger partial charge is 0.416 e. The highest BCUT2D eigenvalue weighted by molar-refractivity contribution is 9.09. The number of amides is 2. The van der Waals surface area contributed by atoms with Gasteiger partial charge < -0.3 is 9.47 Å². The van der Waals surface area contributed by atoms with Crippen molar-refractivity contribution < 1.29 is 19.1 Å². The van der Waals surface area contributed by atoms with Gasteiger partial charge in [0.2, 0.25) is 6.41 Å². The van der Waals surface area contributed by atoms with E-state index >= 15 is 0 Å². The highest BCUT2D eigenvalue weighted by Gasteiger charge is 2.34. The number of carbonyl (C=O) groups excluding carboxylic acids is 2. The summed E-state index contributed by atoms with van der Waals surface area (Å²) < 4.78 is 11.0. The van der Waals surface area contributed by atoms with Gasteiger partial charge in [0.15, 0.2) is 6.17 Å². The summed E-state index contributed by atoms with van der Waals surface area (Å²) in [5, 5.41) is 2.18. The largest absolute Gasteiger partial charge is 0.443 e. The number of nitrogens with one attached hydrogen (secondary N) is 1. The summed E-state index contributed by atoms with van der Waals surface area (Å²) in [6.07, 6.45) is 2.80. The van der Waals surface area contributed by atoms with Gasteiger partial charge in [-0.05, 0) is 39.5 Å². The average molecular weight is 466 g/mol. The summed E-state index contributed by atoms with van der Waals surface area (Å²) in [4.78, 5) is 29.9. The van der Waals surface area contributed by atoms with Crippen LogP contribution in [0, 0.1) is 5.92 Å². The lowest BCUT2D eigenvalue weighted by Crippen LogP contribution is -2.53. The molecule has 152 valence electrons. The molecule has 2 amide bonds. The number of rotatable bonds is 6. The molecule has 1 atom stereocenters. The lowest BCUT2D eigenvalue weighted by atomic mass is 10.00. The Morgan fingerprint density at radius 3 is 2.74 bits per heavy atom. The Bertz CT molecular complexity index is 602. The second-order valence-corrected chi connectivity index (χ2v) is 8.39. The lowest BCUT2D eigenvalue weighted by molar-refractivity contribution is -0.114. The molecule has 1 N–H and O–H groups in total. The average Bonchev–Trinajstić information content (AvgIpc) is 2.60. The zero-order chi connectivity index (χ0) is 20.0. The summed E-state index contributed by atoms with van der Waals surface area (Å²) >= 11 is 9.55. The van der Waals surface area contributed by atoms with Crippen molar-refractivity contribution in [3.05, 3.63) is 11.9 Å². The van der Waals surface area contributed by atoms with Crippen molar-refractivity contribution in [2.45, 2.75) is 45.4 Å². The highest BCUT2D eigenvalue weighted by Crippen LogP contribution is 2.26. The molecule has 1 unspecified atom stereocenters. The molecule has 1 saturated heterocycles. The molecule has 8 nitrogen and oxygen atoms in total. The number of halogens is 2. The van der Waals surface area contributed by atoms with Crippen LogP contribution in [0.15, 0.2) is 16.9 Å². The Kier molecular flexibility index (Phi) is 7.93. The van der Waals surface area contributed by atoms with Crippen LogP contribution in [0.5, 0.6) is 0 Å². The van der Waals surface area contributed by atoms with Crippen molar-refractivity contribution in [1.29, 1.82) is 0 Å². The molecular weight excluding hydrogens is 440 g/mol. The molecule has 10 heteroatoms.